The number of primary amides is 1. The summed E-state index contributed by atoms with van der Waals surface area (Å²) in [6.07, 6.45) is 7.33. The van der Waals surface area contributed by atoms with Gasteiger partial charge in [-0.3, -0.25) is 38.6 Å². The normalized spacial score (nSPS) is 18.6. The highest BCUT2D eigenvalue weighted by molar-refractivity contribution is 6.25. The molecule has 1 aliphatic carbocycles. The molecule has 2 aliphatic heterocycles. The first-order valence-corrected chi connectivity index (χ1v) is 20.8. The minimum atomic E-state index is -1.04. The summed E-state index contributed by atoms with van der Waals surface area (Å²) in [5.41, 5.74) is 14.0. The molecule has 21 heteroatoms. The number of nitrogens with zero attached hydrogens (tertiary/aromatic N) is 4. The molecule has 2 fully saturated rings. The Hall–Kier alpha value is -6.55. The highest BCUT2D eigenvalue weighted by Crippen LogP contribution is 2.41. The van der Waals surface area contributed by atoms with Crippen molar-refractivity contribution >= 4 is 58.3 Å². The maximum Gasteiger partial charge on any atom is 0.264 e. The first-order valence-electron chi connectivity index (χ1n) is 20.8. The summed E-state index contributed by atoms with van der Waals surface area (Å²) < 4.78 is 35.9. The van der Waals surface area contributed by atoms with Crippen LogP contribution in [0, 0.1) is 0 Å². The first-order chi connectivity index (χ1) is 30.6. The molecular weight excluding hydrogens is 821 g/mol. The smallest absolute Gasteiger partial charge is 0.264 e. The lowest BCUT2D eigenvalue weighted by Gasteiger charge is -2.30. The minimum absolute atomic E-state index is 0.00200. The average molecular weight is 873 g/mol. The van der Waals surface area contributed by atoms with E-state index in [4.69, 9.17) is 44.9 Å². The molecule has 7 rings (SSSR count). The number of nitrogens with two attached hydrogens (primary N) is 2. The molecule has 0 radical (unpaired) electrons. The van der Waals surface area contributed by atoms with E-state index in [2.05, 4.69) is 26.3 Å². The van der Waals surface area contributed by atoms with Gasteiger partial charge in [-0.25, -0.2) is 4.98 Å². The fourth-order valence-corrected chi connectivity index (χ4v) is 7.80. The van der Waals surface area contributed by atoms with E-state index in [0.29, 0.717) is 79.8 Å². The molecule has 4 heterocycles. The number of methoxy groups -OCH3 is 2. The molecule has 3 atom stereocenters. The third-order valence-electron chi connectivity index (χ3n) is 10.9. The zero-order valence-electron chi connectivity index (χ0n) is 35.1. The zero-order chi connectivity index (χ0) is 44.5. The van der Waals surface area contributed by atoms with Gasteiger partial charge in [0, 0.05) is 61.0 Å². The van der Waals surface area contributed by atoms with Crippen molar-refractivity contribution in [3.63, 3.8) is 0 Å². The highest BCUT2D eigenvalue weighted by atomic mass is 16.6. The van der Waals surface area contributed by atoms with Crippen LogP contribution >= 0.6 is 0 Å². The van der Waals surface area contributed by atoms with Crippen molar-refractivity contribution in [3.8, 4) is 17.2 Å². The zero-order valence-corrected chi connectivity index (χ0v) is 35.1. The molecule has 63 heavy (non-hydrogen) atoms. The van der Waals surface area contributed by atoms with Crippen LogP contribution in [0.5, 0.6) is 17.2 Å². The number of piperidine rings is 1. The van der Waals surface area contributed by atoms with E-state index >= 15 is 0 Å². The minimum Gasteiger partial charge on any atom is -0.493 e. The van der Waals surface area contributed by atoms with Crippen molar-refractivity contribution in [1.82, 2.24) is 24.6 Å². The van der Waals surface area contributed by atoms with Gasteiger partial charge in [-0.1, -0.05) is 18.9 Å². The number of hydrogen-bond donors (Lipinski definition) is 6. The van der Waals surface area contributed by atoms with Gasteiger partial charge < -0.3 is 55.8 Å². The Labute approximate surface area is 362 Å². The number of carbonyl (C=O) groups is 5. The van der Waals surface area contributed by atoms with E-state index in [1.807, 2.05) is 0 Å². The largest absolute Gasteiger partial charge is 0.493 e. The molecule has 0 spiro atoms. The Morgan fingerprint density at radius 1 is 0.905 bits per heavy atom. The highest BCUT2D eigenvalue weighted by Gasteiger charge is 2.45. The molecule has 5 amide bonds. The predicted molar refractivity (Wildman–Crippen MR) is 228 cm³/mol. The molecular formula is C42H52N10O11. The van der Waals surface area contributed by atoms with Crippen LogP contribution < -0.4 is 46.9 Å². The van der Waals surface area contributed by atoms with E-state index in [0.717, 1.165) is 30.6 Å². The average Bonchev–Trinajstić information content (AvgIpc) is 3.86. The number of anilines is 4. The van der Waals surface area contributed by atoms with Gasteiger partial charge in [0.05, 0.1) is 65.0 Å². The third kappa shape index (κ3) is 10.1. The Morgan fingerprint density at radius 2 is 1.60 bits per heavy atom. The fraction of sp³-hybridized carbons (Fsp3) is 0.452. The lowest BCUT2D eigenvalue weighted by atomic mass is 9.91. The summed E-state index contributed by atoms with van der Waals surface area (Å²) >= 11 is 0. The van der Waals surface area contributed by atoms with Crippen LogP contribution in [0.1, 0.15) is 69.6 Å². The molecule has 0 bridgehead atoms. The maximum atomic E-state index is 13.3. The van der Waals surface area contributed by atoms with Gasteiger partial charge in [-0.2, -0.15) is 4.98 Å². The number of imide groups is 2. The molecule has 336 valence electrons. The number of carbonyl (C=O) groups excluding carboxylic acids is 5. The summed E-state index contributed by atoms with van der Waals surface area (Å²) in [7, 11) is 3.00. The van der Waals surface area contributed by atoms with Crippen LogP contribution in [0.2, 0.25) is 0 Å². The van der Waals surface area contributed by atoms with Gasteiger partial charge in [0.2, 0.25) is 23.5 Å². The van der Waals surface area contributed by atoms with Gasteiger partial charge >= 0.3 is 0 Å². The molecule has 3 aliphatic rings. The van der Waals surface area contributed by atoms with Crippen LogP contribution in [0.15, 0.2) is 42.7 Å². The SMILES string of the molecule is COc1cc(Nc2nc(N[C@H]3CCCC[C@H]3N)n3ccnc3c2C(N)=O)cc(OC)c1OCCOCCOCCOCCNc1cccc2c1C(=O)N(C1CCC(=O)NC1=O)C2=O. The Balaban J connectivity index is 0.827. The summed E-state index contributed by atoms with van der Waals surface area (Å²) in [5.74, 6) is -1.22. The summed E-state index contributed by atoms with van der Waals surface area (Å²) in [5, 5.41) is 12.0. The number of hydrogen-bond acceptors (Lipinski definition) is 17. The molecule has 2 aromatic heterocycles. The van der Waals surface area contributed by atoms with Crippen molar-refractivity contribution in [2.75, 3.05) is 83.0 Å². The standard InChI is InChI=1S/C42H52N10O11/c1-58-30-22-24(47-37-34(36(44)54)38-46-12-14-51(38)42(50-37)48-27-8-4-3-7-26(27)43)23-31(59-2)35(30)63-21-20-62-19-18-61-17-16-60-15-13-45-28-9-5-6-25-33(28)41(57)52(40(25)56)29-10-11-32(53)49-39(29)55/h5-6,9,12,14,22-23,26-27,29,45,47H,3-4,7-8,10-11,13,15-21,43H2,1-2H3,(H2,44,54)(H,48,50)(H,49,53,55)/t26-,27+,29?/m1/s1. The Bertz CT molecular complexity index is 2310. The number of nitrogens with one attached hydrogen (secondary N) is 4. The number of amides is 5. The second kappa shape index (κ2) is 20.5. The molecule has 8 N–H and O–H groups in total. The van der Waals surface area contributed by atoms with Crippen molar-refractivity contribution in [2.45, 2.75) is 56.7 Å². The van der Waals surface area contributed by atoms with E-state index < -0.39 is 35.6 Å². The van der Waals surface area contributed by atoms with E-state index in [9.17, 15) is 24.0 Å². The number of benzene rings is 2. The molecule has 1 unspecified atom stereocenters. The maximum absolute atomic E-state index is 13.3. The van der Waals surface area contributed by atoms with Crippen molar-refractivity contribution in [1.29, 1.82) is 0 Å². The third-order valence-corrected chi connectivity index (χ3v) is 10.9. The van der Waals surface area contributed by atoms with Gasteiger partial charge in [-0.05, 0) is 31.4 Å². The predicted octanol–water partition coefficient (Wildman–Crippen LogP) is 2.21. The van der Waals surface area contributed by atoms with Crippen LogP contribution in [-0.4, -0.2) is 134 Å². The number of aromatic nitrogens is 3. The van der Waals surface area contributed by atoms with Gasteiger partial charge in [0.15, 0.2) is 23.0 Å². The lowest BCUT2D eigenvalue weighted by Crippen LogP contribution is -2.54. The van der Waals surface area contributed by atoms with E-state index in [-0.39, 0.29) is 60.6 Å². The molecule has 4 aromatic rings. The van der Waals surface area contributed by atoms with Crippen LogP contribution in [0.4, 0.5) is 23.1 Å². The molecule has 1 saturated heterocycles. The van der Waals surface area contributed by atoms with Crippen LogP contribution in [0.25, 0.3) is 5.65 Å². The van der Waals surface area contributed by atoms with E-state index in [1.54, 1.807) is 47.1 Å². The van der Waals surface area contributed by atoms with E-state index in [1.165, 1.54) is 14.2 Å². The number of rotatable bonds is 22. The van der Waals surface area contributed by atoms with Crippen LogP contribution in [-0.2, 0) is 23.8 Å². The number of fused-ring (bicyclic) bond motifs is 2. The van der Waals surface area contributed by atoms with Gasteiger partial charge in [0.25, 0.3) is 17.7 Å². The summed E-state index contributed by atoms with van der Waals surface area (Å²) in [4.78, 5) is 73.1. The van der Waals surface area contributed by atoms with Crippen molar-refractivity contribution < 1.29 is 52.4 Å². The van der Waals surface area contributed by atoms with Gasteiger partial charge in [-0.15, -0.1) is 0 Å². The molecule has 2 aromatic carbocycles. The lowest BCUT2D eigenvalue weighted by molar-refractivity contribution is -0.136. The fourth-order valence-electron chi connectivity index (χ4n) is 7.80. The quantitative estimate of drug-likeness (QED) is 0.0488. The Morgan fingerprint density at radius 3 is 2.29 bits per heavy atom. The topological polar surface area (TPSA) is 274 Å². The number of imidazole rings is 1. The number of ether oxygens (including phenoxy) is 6. The molecule has 21 nitrogen and oxygen atoms in total. The second-order valence-corrected chi connectivity index (χ2v) is 15.0. The van der Waals surface area contributed by atoms with Crippen molar-refractivity contribution in [3.05, 3.63) is 59.4 Å². The summed E-state index contributed by atoms with van der Waals surface area (Å²) in [6, 6.07) is 7.17. The second-order valence-electron chi connectivity index (χ2n) is 15.0. The summed E-state index contributed by atoms with van der Waals surface area (Å²) in [6.45, 7) is 2.33. The Kier molecular flexibility index (Phi) is 14.5. The van der Waals surface area contributed by atoms with Crippen LogP contribution in [0.3, 0.4) is 0 Å². The molecule has 1 saturated carbocycles. The monoisotopic (exact) mass is 872 g/mol. The van der Waals surface area contributed by atoms with Crippen molar-refractivity contribution in [2.24, 2.45) is 11.5 Å². The van der Waals surface area contributed by atoms with Gasteiger partial charge in [0.1, 0.15) is 18.2 Å². The first kappa shape index (κ1) is 44.5.